The van der Waals surface area contributed by atoms with E-state index in [0.29, 0.717) is 24.3 Å². The highest BCUT2D eigenvalue weighted by Gasteiger charge is 2.08. The number of hydrogen-bond acceptors (Lipinski definition) is 4. The molecule has 0 saturated carbocycles. The van der Waals surface area contributed by atoms with Crippen molar-refractivity contribution in [1.29, 1.82) is 0 Å². The Hall–Kier alpha value is -1.32. The first-order chi connectivity index (χ1) is 15.5. The molecule has 0 atom stereocenters. The standard InChI is InChI=1S/C28H52N2O2/c1-5-7-9-11-13-15-17-19-21-23-27(31)25(3)29-30-26(4)28(32)24-22-20-18-16-14-12-10-8-6-2/h5-24H2,1-4H3/b29-25+,30-26+. The van der Waals surface area contributed by atoms with Gasteiger partial charge in [0, 0.05) is 12.8 Å². The zero-order valence-corrected chi connectivity index (χ0v) is 21.9. The van der Waals surface area contributed by atoms with Crippen LogP contribution in [-0.2, 0) is 9.59 Å². The third-order valence-electron chi connectivity index (χ3n) is 6.17. The highest BCUT2D eigenvalue weighted by atomic mass is 16.1. The maximum atomic E-state index is 12.2. The molecule has 0 aromatic heterocycles. The monoisotopic (exact) mass is 448 g/mol. The minimum Gasteiger partial charge on any atom is -0.293 e. The maximum absolute atomic E-state index is 12.2. The zero-order chi connectivity index (χ0) is 23.9. The average Bonchev–Trinajstić information content (AvgIpc) is 2.79. The molecule has 0 heterocycles. The van der Waals surface area contributed by atoms with Crippen LogP contribution in [0.1, 0.15) is 156 Å². The lowest BCUT2D eigenvalue weighted by Crippen LogP contribution is -2.12. The Morgan fingerprint density at radius 2 is 0.688 bits per heavy atom. The fraction of sp³-hybridized carbons (Fsp3) is 0.857. The second-order valence-corrected chi connectivity index (χ2v) is 9.37. The van der Waals surface area contributed by atoms with Gasteiger partial charge in [-0.15, -0.1) is 0 Å². The number of rotatable bonds is 23. The predicted molar refractivity (Wildman–Crippen MR) is 140 cm³/mol. The molecule has 0 aromatic carbocycles. The molecule has 0 aliphatic heterocycles. The fourth-order valence-corrected chi connectivity index (χ4v) is 3.82. The summed E-state index contributed by atoms with van der Waals surface area (Å²) in [6.07, 6.45) is 23.4. The van der Waals surface area contributed by atoms with Crippen LogP contribution in [0.15, 0.2) is 10.2 Å². The van der Waals surface area contributed by atoms with Gasteiger partial charge in [0.2, 0.25) is 0 Å². The van der Waals surface area contributed by atoms with Gasteiger partial charge in [-0.05, 0) is 26.7 Å². The highest BCUT2D eigenvalue weighted by molar-refractivity contribution is 6.40. The molecule has 0 amide bonds. The Morgan fingerprint density at radius 1 is 0.438 bits per heavy atom. The zero-order valence-electron chi connectivity index (χ0n) is 21.9. The third-order valence-corrected chi connectivity index (χ3v) is 6.17. The predicted octanol–water partition coefficient (Wildman–Crippen LogP) is 8.80. The SMILES string of the molecule is CCCCCCCCCCCC(=O)/C(C)=N/N=C(\C)C(=O)CCCCCCCCCCC. The molecule has 32 heavy (non-hydrogen) atoms. The van der Waals surface area contributed by atoms with Crippen LogP contribution in [-0.4, -0.2) is 23.0 Å². The summed E-state index contributed by atoms with van der Waals surface area (Å²) in [6.45, 7) is 7.90. The van der Waals surface area contributed by atoms with Crippen molar-refractivity contribution in [3.63, 3.8) is 0 Å². The lowest BCUT2D eigenvalue weighted by atomic mass is 10.0. The lowest BCUT2D eigenvalue weighted by molar-refractivity contribution is -0.114. The van der Waals surface area contributed by atoms with Crippen molar-refractivity contribution in [2.75, 3.05) is 0 Å². The van der Waals surface area contributed by atoms with Crippen LogP contribution in [0, 0.1) is 0 Å². The van der Waals surface area contributed by atoms with Crippen molar-refractivity contribution >= 4 is 23.0 Å². The molecular formula is C28H52N2O2. The molecule has 4 nitrogen and oxygen atoms in total. The Kier molecular flexibility index (Phi) is 21.9. The van der Waals surface area contributed by atoms with Gasteiger partial charge in [0.05, 0.1) is 0 Å². The average molecular weight is 449 g/mol. The van der Waals surface area contributed by atoms with E-state index in [1.807, 2.05) is 0 Å². The van der Waals surface area contributed by atoms with Gasteiger partial charge in [0.1, 0.15) is 11.4 Å². The summed E-state index contributed by atoms with van der Waals surface area (Å²) in [5.74, 6) is 0.103. The molecular weight excluding hydrogens is 396 g/mol. The molecule has 0 rings (SSSR count). The molecule has 0 N–H and O–H groups in total. The van der Waals surface area contributed by atoms with E-state index < -0.39 is 0 Å². The summed E-state index contributed by atoms with van der Waals surface area (Å²) in [5, 5.41) is 8.06. The van der Waals surface area contributed by atoms with E-state index in [1.165, 1.54) is 89.9 Å². The normalized spacial score (nSPS) is 12.4. The minimum absolute atomic E-state index is 0.0517. The van der Waals surface area contributed by atoms with Crippen molar-refractivity contribution in [1.82, 2.24) is 0 Å². The second kappa shape index (κ2) is 22.9. The number of ketones is 2. The lowest BCUT2D eigenvalue weighted by Gasteiger charge is -2.03. The third kappa shape index (κ3) is 19.4. The van der Waals surface area contributed by atoms with Crippen molar-refractivity contribution < 1.29 is 9.59 Å². The first-order valence-electron chi connectivity index (χ1n) is 13.7. The largest absolute Gasteiger partial charge is 0.293 e. The second-order valence-electron chi connectivity index (χ2n) is 9.37. The van der Waals surface area contributed by atoms with Crippen molar-refractivity contribution in [2.45, 2.75) is 156 Å². The quantitative estimate of drug-likeness (QED) is 0.0890. The number of Topliss-reactive ketones (excluding diaryl/α,β-unsaturated/α-hetero) is 2. The molecule has 0 fully saturated rings. The number of hydrogen-bond donors (Lipinski definition) is 0. The Bertz CT molecular complexity index is 490. The van der Waals surface area contributed by atoms with Gasteiger partial charge in [-0.25, -0.2) is 0 Å². The fourth-order valence-electron chi connectivity index (χ4n) is 3.82. The minimum atomic E-state index is 0.0517. The smallest absolute Gasteiger partial charge is 0.178 e. The first-order valence-corrected chi connectivity index (χ1v) is 13.7. The molecule has 0 aliphatic carbocycles. The summed E-state index contributed by atoms with van der Waals surface area (Å²) in [4.78, 5) is 24.4. The van der Waals surface area contributed by atoms with E-state index in [2.05, 4.69) is 24.1 Å². The van der Waals surface area contributed by atoms with Gasteiger partial charge in [0.25, 0.3) is 0 Å². The van der Waals surface area contributed by atoms with Crippen LogP contribution in [0.5, 0.6) is 0 Å². The molecule has 0 bridgehead atoms. The molecule has 0 unspecified atom stereocenters. The molecule has 186 valence electrons. The summed E-state index contributed by atoms with van der Waals surface area (Å²) in [6, 6.07) is 0. The van der Waals surface area contributed by atoms with Gasteiger partial charge in [-0.3, -0.25) is 9.59 Å². The molecule has 0 aliphatic rings. The first kappa shape index (κ1) is 30.7. The molecule has 0 radical (unpaired) electrons. The van der Waals surface area contributed by atoms with Crippen LogP contribution in [0.3, 0.4) is 0 Å². The van der Waals surface area contributed by atoms with Crippen LogP contribution in [0.2, 0.25) is 0 Å². The van der Waals surface area contributed by atoms with Crippen LogP contribution in [0.25, 0.3) is 0 Å². The van der Waals surface area contributed by atoms with Gasteiger partial charge < -0.3 is 0 Å². The van der Waals surface area contributed by atoms with E-state index in [9.17, 15) is 9.59 Å². The van der Waals surface area contributed by atoms with Gasteiger partial charge in [0.15, 0.2) is 11.6 Å². The topological polar surface area (TPSA) is 58.9 Å². The number of carbonyl (C=O) groups is 2. The molecule has 0 saturated heterocycles. The number of carbonyl (C=O) groups excluding carboxylic acids is 2. The Morgan fingerprint density at radius 3 is 0.969 bits per heavy atom. The summed E-state index contributed by atoms with van der Waals surface area (Å²) < 4.78 is 0. The summed E-state index contributed by atoms with van der Waals surface area (Å²) >= 11 is 0. The van der Waals surface area contributed by atoms with Gasteiger partial charge >= 0.3 is 0 Å². The molecule has 0 aromatic rings. The molecule has 0 spiro atoms. The van der Waals surface area contributed by atoms with E-state index in [0.717, 1.165) is 25.7 Å². The number of unbranched alkanes of at least 4 members (excludes halogenated alkanes) is 16. The molecule has 4 heteroatoms. The Balaban J connectivity index is 3.88. The van der Waals surface area contributed by atoms with Gasteiger partial charge in [-0.2, -0.15) is 10.2 Å². The van der Waals surface area contributed by atoms with Crippen molar-refractivity contribution in [3.05, 3.63) is 0 Å². The Labute approximate surface area is 199 Å². The van der Waals surface area contributed by atoms with Gasteiger partial charge in [-0.1, -0.05) is 117 Å². The van der Waals surface area contributed by atoms with Crippen LogP contribution in [0.4, 0.5) is 0 Å². The van der Waals surface area contributed by atoms with Crippen molar-refractivity contribution in [3.8, 4) is 0 Å². The van der Waals surface area contributed by atoms with E-state index >= 15 is 0 Å². The summed E-state index contributed by atoms with van der Waals surface area (Å²) in [5.41, 5.74) is 0.833. The van der Waals surface area contributed by atoms with Crippen molar-refractivity contribution in [2.24, 2.45) is 10.2 Å². The highest BCUT2D eigenvalue weighted by Crippen LogP contribution is 2.12. The van der Waals surface area contributed by atoms with Crippen LogP contribution >= 0.6 is 0 Å². The maximum Gasteiger partial charge on any atom is 0.178 e. The van der Waals surface area contributed by atoms with E-state index in [-0.39, 0.29) is 11.6 Å². The van der Waals surface area contributed by atoms with E-state index in [4.69, 9.17) is 0 Å². The number of nitrogens with zero attached hydrogens (tertiary/aromatic N) is 2. The van der Waals surface area contributed by atoms with E-state index in [1.54, 1.807) is 13.8 Å². The van der Waals surface area contributed by atoms with Crippen LogP contribution < -0.4 is 0 Å². The summed E-state index contributed by atoms with van der Waals surface area (Å²) in [7, 11) is 0.